The molecule has 0 unspecified atom stereocenters. The molecule has 0 aliphatic carbocycles. The van der Waals surface area contributed by atoms with Crippen molar-refractivity contribution in [3.63, 3.8) is 0 Å². The Bertz CT molecular complexity index is 284. The Kier molecular flexibility index (Phi) is 3.76. The Morgan fingerprint density at radius 3 is 2.54 bits per heavy atom. The van der Waals surface area contributed by atoms with Crippen LogP contribution in [-0.4, -0.2) is 18.5 Å². The van der Waals surface area contributed by atoms with Gasteiger partial charge in [0, 0.05) is 5.69 Å². The normalized spacial score (nSPS) is 9.38. The molecule has 0 amide bonds. The molecule has 0 heterocycles. The van der Waals surface area contributed by atoms with Crippen LogP contribution in [-0.2, 0) is 4.74 Å². The van der Waals surface area contributed by atoms with Gasteiger partial charge in [-0.25, -0.2) is 4.79 Å². The van der Waals surface area contributed by atoms with Crippen molar-refractivity contribution < 1.29 is 9.53 Å². The van der Waals surface area contributed by atoms with Crippen molar-refractivity contribution >= 4 is 27.6 Å². The van der Waals surface area contributed by atoms with E-state index in [-0.39, 0.29) is 5.97 Å². The molecular formula is C9H10BrNO2. The maximum atomic E-state index is 11.0. The van der Waals surface area contributed by atoms with Crippen LogP contribution in [0.25, 0.3) is 0 Å². The summed E-state index contributed by atoms with van der Waals surface area (Å²) in [5.74, 6) is -0.314. The molecule has 0 spiro atoms. The van der Waals surface area contributed by atoms with Crippen molar-refractivity contribution in [1.29, 1.82) is 0 Å². The summed E-state index contributed by atoms with van der Waals surface area (Å²) in [5, 5.41) is 3.06. The zero-order valence-corrected chi connectivity index (χ0v) is 8.80. The molecular weight excluding hydrogens is 234 g/mol. The first-order valence-corrected chi connectivity index (χ1v) is 4.88. The van der Waals surface area contributed by atoms with Crippen LogP contribution in [0.2, 0.25) is 0 Å². The zero-order chi connectivity index (χ0) is 9.68. The number of nitrogens with one attached hydrogen (secondary N) is 1. The van der Waals surface area contributed by atoms with Crippen LogP contribution in [0.5, 0.6) is 0 Å². The number of methoxy groups -OCH3 is 1. The average Bonchev–Trinajstić information content (AvgIpc) is 2.18. The van der Waals surface area contributed by atoms with E-state index in [1.807, 2.05) is 12.1 Å². The lowest BCUT2D eigenvalue weighted by molar-refractivity contribution is 0.0601. The quantitative estimate of drug-likeness (QED) is 0.503. The maximum Gasteiger partial charge on any atom is 0.337 e. The van der Waals surface area contributed by atoms with E-state index in [4.69, 9.17) is 0 Å². The lowest BCUT2D eigenvalue weighted by Crippen LogP contribution is -2.01. The summed E-state index contributed by atoms with van der Waals surface area (Å²) in [7, 11) is 1.37. The van der Waals surface area contributed by atoms with Crippen LogP contribution in [0, 0.1) is 0 Å². The number of rotatable bonds is 3. The van der Waals surface area contributed by atoms with Gasteiger partial charge in [-0.05, 0) is 24.3 Å². The molecule has 0 radical (unpaired) electrons. The van der Waals surface area contributed by atoms with Gasteiger partial charge < -0.3 is 10.1 Å². The number of anilines is 1. The van der Waals surface area contributed by atoms with Gasteiger partial charge in [-0.15, -0.1) is 0 Å². The lowest BCUT2D eigenvalue weighted by Gasteiger charge is -2.02. The Balaban J connectivity index is 2.75. The molecule has 1 rings (SSSR count). The minimum atomic E-state index is -0.314. The van der Waals surface area contributed by atoms with Crippen molar-refractivity contribution in [3.05, 3.63) is 29.8 Å². The van der Waals surface area contributed by atoms with Gasteiger partial charge in [0.1, 0.15) is 0 Å². The van der Waals surface area contributed by atoms with E-state index in [1.54, 1.807) is 12.1 Å². The topological polar surface area (TPSA) is 38.3 Å². The third-order valence-electron chi connectivity index (χ3n) is 1.58. The number of halogens is 1. The summed E-state index contributed by atoms with van der Waals surface area (Å²) < 4.78 is 4.57. The molecule has 0 saturated heterocycles. The summed E-state index contributed by atoms with van der Waals surface area (Å²) in [6.45, 7) is 0. The molecule has 0 fully saturated rings. The van der Waals surface area contributed by atoms with E-state index < -0.39 is 0 Å². The van der Waals surface area contributed by atoms with Gasteiger partial charge in [-0.2, -0.15) is 0 Å². The monoisotopic (exact) mass is 243 g/mol. The SMILES string of the molecule is COC(=O)c1ccc(NCBr)cc1. The minimum Gasteiger partial charge on any atom is -0.465 e. The van der Waals surface area contributed by atoms with E-state index in [1.165, 1.54) is 7.11 Å². The van der Waals surface area contributed by atoms with Gasteiger partial charge in [-0.3, -0.25) is 0 Å². The van der Waals surface area contributed by atoms with Crippen molar-refractivity contribution in [2.24, 2.45) is 0 Å². The van der Waals surface area contributed by atoms with Gasteiger partial charge in [0.05, 0.1) is 18.1 Å². The Morgan fingerprint density at radius 2 is 2.08 bits per heavy atom. The predicted octanol–water partition coefficient (Wildman–Crippen LogP) is 2.24. The molecule has 0 saturated carbocycles. The van der Waals surface area contributed by atoms with Crippen LogP contribution in [0.3, 0.4) is 0 Å². The average molecular weight is 244 g/mol. The number of hydrogen-bond acceptors (Lipinski definition) is 3. The molecule has 1 aromatic rings. The first-order chi connectivity index (χ1) is 6.27. The highest BCUT2D eigenvalue weighted by Crippen LogP contribution is 2.10. The number of alkyl halides is 1. The molecule has 0 aliphatic rings. The van der Waals surface area contributed by atoms with Crippen molar-refractivity contribution in [3.8, 4) is 0 Å². The van der Waals surface area contributed by atoms with Gasteiger partial charge >= 0.3 is 5.97 Å². The fourth-order valence-corrected chi connectivity index (χ4v) is 1.24. The van der Waals surface area contributed by atoms with E-state index in [0.29, 0.717) is 11.0 Å². The summed E-state index contributed by atoms with van der Waals surface area (Å²) >= 11 is 3.24. The van der Waals surface area contributed by atoms with Gasteiger partial charge in [0.2, 0.25) is 0 Å². The fourth-order valence-electron chi connectivity index (χ4n) is 0.919. The molecule has 0 bridgehead atoms. The molecule has 1 N–H and O–H groups in total. The van der Waals surface area contributed by atoms with Crippen LogP contribution in [0.1, 0.15) is 10.4 Å². The fraction of sp³-hybridized carbons (Fsp3) is 0.222. The first kappa shape index (κ1) is 10.1. The van der Waals surface area contributed by atoms with E-state index in [9.17, 15) is 4.79 Å². The Morgan fingerprint density at radius 1 is 1.46 bits per heavy atom. The standard InChI is InChI=1S/C9H10BrNO2/c1-13-9(12)7-2-4-8(5-3-7)11-6-10/h2-5,11H,6H2,1H3. The number of carbonyl (C=O) groups excluding carboxylic acids is 1. The zero-order valence-electron chi connectivity index (χ0n) is 7.21. The maximum absolute atomic E-state index is 11.0. The molecule has 1 aromatic carbocycles. The number of ether oxygens (including phenoxy) is 1. The summed E-state index contributed by atoms with van der Waals surface area (Å²) in [5.41, 5.74) is 2.21. The molecule has 0 atom stereocenters. The second kappa shape index (κ2) is 4.87. The highest BCUT2D eigenvalue weighted by Gasteiger charge is 2.03. The van der Waals surface area contributed by atoms with Crippen LogP contribution in [0.15, 0.2) is 24.3 Å². The van der Waals surface area contributed by atoms with Crippen LogP contribution >= 0.6 is 15.9 Å². The second-order valence-corrected chi connectivity index (χ2v) is 2.94. The molecule has 70 valence electrons. The van der Waals surface area contributed by atoms with E-state index in [0.717, 1.165) is 5.69 Å². The number of esters is 1. The highest BCUT2D eigenvalue weighted by atomic mass is 79.9. The Hall–Kier alpha value is -1.03. The third-order valence-corrected chi connectivity index (χ3v) is 1.86. The number of carbonyl (C=O) groups is 1. The van der Waals surface area contributed by atoms with Gasteiger partial charge in [0.25, 0.3) is 0 Å². The molecule has 0 aromatic heterocycles. The molecule has 13 heavy (non-hydrogen) atoms. The van der Waals surface area contributed by atoms with Crippen molar-refractivity contribution in [2.75, 3.05) is 17.9 Å². The summed E-state index contributed by atoms with van der Waals surface area (Å²) in [6.07, 6.45) is 0. The van der Waals surface area contributed by atoms with Crippen LogP contribution < -0.4 is 5.32 Å². The lowest BCUT2D eigenvalue weighted by atomic mass is 10.2. The van der Waals surface area contributed by atoms with E-state index in [2.05, 4.69) is 26.0 Å². The minimum absolute atomic E-state index is 0.314. The summed E-state index contributed by atoms with van der Waals surface area (Å²) in [4.78, 5) is 11.0. The number of hydrogen-bond donors (Lipinski definition) is 1. The summed E-state index contributed by atoms with van der Waals surface area (Å²) in [6, 6.07) is 7.09. The molecule has 0 aliphatic heterocycles. The smallest absolute Gasteiger partial charge is 0.337 e. The van der Waals surface area contributed by atoms with Gasteiger partial charge in [-0.1, -0.05) is 15.9 Å². The largest absolute Gasteiger partial charge is 0.465 e. The number of benzene rings is 1. The Labute approximate surface area is 85.2 Å². The third kappa shape index (κ3) is 2.73. The van der Waals surface area contributed by atoms with Crippen molar-refractivity contribution in [1.82, 2.24) is 0 Å². The second-order valence-electron chi connectivity index (χ2n) is 2.38. The van der Waals surface area contributed by atoms with Crippen LogP contribution in [0.4, 0.5) is 5.69 Å². The highest BCUT2D eigenvalue weighted by molar-refractivity contribution is 9.09. The van der Waals surface area contributed by atoms with E-state index >= 15 is 0 Å². The predicted molar refractivity (Wildman–Crippen MR) is 55.2 cm³/mol. The van der Waals surface area contributed by atoms with Gasteiger partial charge in [0.15, 0.2) is 0 Å². The molecule has 3 nitrogen and oxygen atoms in total. The van der Waals surface area contributed by atoms with Crippen molar-refractivity contribution in [2.45, 2.75) is 0 Å². The first-order valence-electron chi connectivity index (χ1n) is 3.76. The molecule has 4 heteroatoms.